The average Bonchev–Trinajstić information content (AvgIpc) is 2.44. The predicted molar refractivity (Wildman–Crippen MR) is 83.5 cm³/mol. The van der Waals surface area contributed by atoms with Gasteiger partial charge in [-0.1, -0.05) is 6.92 Å². The van der Waals surface area contributed by atoms with Crippen molar-refractivity contribution < 1.29 is 9.53 Å². The van der Waals surface area contributed by atoms with E-state index in [1.165, 1.54) is 0 Å². The minimum absolute atomic E-state index is 0.0913. The monoisotopic (exact) mass is 295 g/mol. The summed E-state index contributed by atoms with van der Waals surface area (Å²) in [6.45, 7) is 7.55. The summed E-state index contributed by atoms with van der Waals surface area (Å²) < 4.78 is 4.90. The third-order valence-electron chi connectivity index (χ3n) is 2.76. The molecule has 1 rings (SSSR count). The van der Waals surface area contributed by atoms with Gasteiger partial charge in [-0.25, -0.2) is 9.97 Å². The number of aryl methyl sites for hydroxylation is 1. The Morgan fingerprint density at radius 1 is 1.33 bits per heavy atom. The molecule has 0 saturated heterocycles. The van der Waals surface area contributed by atoms with Gasteiger partial charge >= 0.3 is 0 Å². The molecule has 1 unspecified atom stereocenters. The maximum Gasteiger partial charge on any atom is 0.242 e. The number of nitrogens with one attached hydrogen (secondary N) is 3. The Bertz CT molecular complexity index is 453. The summed E-state index contributed by atoms with van der Waals surface area (Å²) in [7, 11) is 1.60. The molecule has 0 aliphatic carbocycles. The summed E-state index contributed by atoms with van der Waals surface area (Å²) in [5.74, 6) is 1.96. The first-order valence-corrected chi connectivity index (χ1v) is 7.19. The van der Waals surface area contributed by atoms with E-state index in [0.717, 1.165) is 18.8 Å². The number of hydrogen-bond acceptors (Lipinski definition) is 6. The van der Waals surface area contributed by atoms with Crippen LogP contribution < -0.4 is 16.0 Å². The van der Waals surface area contributed by atoms with Gasteiger partial charge in [0.2, 0.25) is 5.91 Å². The van der Waals surface area contributed by atoms with Crippen LogP contribution in [0.15, 0.2) is 6.07 Å². The van der Waals surface area contributed by atoms with Crippen molar-refractivity contribution >= 4 is 17.5 Å². The Labute approximate surface area is 125 Å². The maximum absolute atomic E-state index is 11.9. The van der Waals surface area contributed by atoms with E-state index in [0.29, 0.717) is 24.8 Å². The quantitative estimate of drug-likeness (QED) is 0.593. The van der Waals surface area contributed by atoms with Crippen LogP contribution in [0.3, 0.4) is 0 Å². The number of anilines is 2. The normalized spacial score (nSPS) is 11.8. The highest BCUT2D eigenvalue weighted by atomic mass is 16.5. The largest absolute Gasteiger partial charge is 0.383 e. The number of carbonyl (C=O) groups is 1. The number of rotatable bonds is 9. The molecular formula is C14H25N5O2. The van der Waals surface area contributed by atoms with Crippen LogP contribution in [-0.4, -0.2) is 48.7 Å². The van der Waals surface area contributed by atoms with Gasteiger partial charge in [0.25, 0.3) is 0 Å². The van der Waals surface area contributed by atoms with Crippen molar-refractivity contribution in [2.45, 2.75) is 33.2 Å². The first-order chi connectivity index (χ1) is 10.1. The van der Waals surface area contributed by atoms with Gasteiger partial charge < -0.3 is 20.7 Å². The van der Waals surface area contributed by atoms with Gasteiger partial charge in [-0.3, -0.25) is 4.79 Å². The fraction of sp³-hybridized carbons (Fsp3) is 0.643. The van der Waals surface area contributed by atoms with E-state index >= 15 is 0 Å². The highest BCUT2D eigenvalue weighted by molar-refractivity contribution is 5.83. The van der Waals surface area contributed by atoms with Crippen molar-refractivity contribution in [1.82, 2.24) is 15.3 Å². The van der Waals surface area contributed by atoms with Crippen LogP contribution in [0.25, 0.3) is 0 Å². The number of hydrogen-bond donors (Lipinski definition) is 3. The molecule has 21 heavy (non-hydrogen) atoms. The first-order valence-electron chi connectivity index (χ1n) is 7.19. The second-order valence-electron chi connectivity index (χ2n) is 4.76. The Morgan fingerprint density at radius 2 is 2.05 bits per heavy atom. The molecule has 7 heteroatoms. The van der Waals surface area contributed by atoms with Crippen LogP contribution >= 0.6 is 0 Å². The van der Waals surface area contributed by atoms with Crippen molar-refractivity contribution in [2.24, 2.45) is 0 Å². The Balaban J connectivity index is 2.60. The van der Waals surface area contributed by atoms with Gasteiger partial charge in [-0.15, -0.1) is 0 Å². The topological polar surface area (TPSA) is 88.2 Å². The molecule has 1 heterocycles. The molecule has 0 bridgehead atoms. The second kappa shape index (κ2) is 9.12. The first kappa shape index (κ1) is 17.2. The molecule has 1 atom stereocenters. The van der Waals surface area contributed by atoms with Crippen molar-refractivity contribution in [2.75, 3.05) is 37.4 Å². The SMILES string of the molecule is CCCNc1cc(NC(C)C(=O)NCCOC)nc(C)n1. The van der Waals surface area contributed by atoms with E-state index in [1.807, 2.05) is 13.0 Å². The fourth-order valence-electron chi connectivity index (χ4n) is 1.70. The zero-order valence-electron chi connectivity index (χ0n) is 13.2. The predicted octanol–water partition coefficient (Wildman–Crippen LogP) is 1.17. The van der Waals surface area contributed by atoms with Crippen molar-refractivity contribution in [3.63, 3.8) is 0 Å². The van der Waals surface area contributed by atoms with Gasteiger partial charge in [0.15, 0.2) is 0 Å². The van der Waals surface area contributed by atoms with Crippen LogP contribution in [0.4, 0.5) is 11.6 Å². The number of amides is 1. The molecule has 1 aromatic heterocycles. The van der Waals surface area contributed by atoms with E-state index in [4.69, 9.17) is 4.74 Å². The number of carbonyl (C=O) groups excluding carboxylic acids is 1. The lowest BCUT2D eigenvalue weighted by Crippen LogP contribution is -2.39. The molecule has 0 fully saturated rings. The van der Waals surface area contributed by atoms with Crippen LogP contribution in [0.2, 0.25) is 0 Å². The van der Waals surface area contributed by atoms with E-state index in [9.17, 15) is 4.79 Å². The molecule has 0 aliphatic rings. The maximum atomic E-state index is 11.9. The molecule has 0 aromatic carbocycles. The number of aromatic nitrogens is 2. The van der Waals surface area contributed by atoms with Crippen LogP contribution in [-0.2, 0) is 9.53 Å². The zero-order chi connectivity index (χ0) is 15.7. The molecule has 1 amide bonds. The molecule has 0 saturated carbocycles. The third kappa shape index (κ3) is 6.40. The lowest BCUT2D eigenvalue weighted by atomic mass is 10.3. The highest BCUT2D eigenvalue weighted by Crippen LogP contribution is 2.12. The minimum Gasteiger partial charge on any atom is -0.383 e. The van der Waals surface area contributed by atoms with E-state index in [-0.39, 0.29) is 11.9 Å². The standard InChI is InChI=1S/C14H25N5O2/c1-5-6-15-12-9-13(19-11(3)18-12)17-10(2)14(20)16-7-8-21-4/h9-10H,5-8H2,1-4H3,(H,16,20)(H2,15,17,18,19). The molecule has 7 nitrogen and oxygen atoms in total. The van der Waals surface area contributed by atoms with Crippen molar-refractivity contribution in [1.29, 1.82) is 0 Å². The average molecular weight is 295 g/mol. The number of nitrogens with zero attached hydrogens (tertiary/aromatic N) is 2. The Kier molecular flexibility index (Phi) is 7.45. The Hall–Kier alpha value is -1.89. The summed E-state index contributed by atoms with van der Waals surface area (Å²) >= 11 is 0. The smallest absolute Gasteiger partial charge is 0.242 e. The summed E-state index contributed by atoms with van der Waals surface area (Å²) in [6, 6.07) is 1.43. The van der Waals surface area contributed by atoms with E-state index in [2.05, 4.69) is 32.8 Å². The molecule has 0 radical (unpaired) electrons. The summed E-state index contributed by atoms with van der Waals surface area (Å²) in [5.41, 5.74) is 0. The molecule has 0 aliphatic heterocycles. The van der Waals surface area contributed by atoms with Crippen LogP contribution in [0.5, 0.6) is 0 Å². The highest BCUT2D eigenvalue weighted by Gasteiger charge is 2.13. The zero-order valence-corrected chi connectivity index (χ0v) is 13.2. The second-order valence-corrected chi connectivity index (χ2v) is 4.76. The number of methoxy groups -OCH3 is 1. The molecule has 3 N–H and O–H groups in total. The van der Waals surface area contributed by atoms with Crippen molar-refractivity contribution in [3.8, 4) is 0 Å². The minimum atomic E-state index is -0.379. The molecule has 118 valence electrons. The lowest BCUT2D eigenvalue weighted by Gasteiger charge is -2.15. The lowest BCUT2D eigenvalue weighted by molar-refractivity contribution is -0.121. The molecule has 0 spiro atoms. The van der Waals surface area contributed by atoms with Gasteiger partial charge in [0, 0.05) is 26.3 Å². The summed E-state index contributed by atoms with van der Waals surface area (Å²) in [5, 5.41) is 9.08. The molecular weight excluding hydrogens is 270 g/mol. The van der Waals surface area contributed by atoms with Crippen LogP contribution in [0, 0.1) is 6.92 Å². The third-order valence-corrected chi connectivity index (χ3v) is 2.76. The van der Waals surface area contributed by atoms with Gasteiger partial charge in [0.1, 0.15) is 23.5 Å². The molecule has 1 aromatic rings. The van der Waals surface area contributed by atoms with E-state index in [1.54, 1.807) is 14.0 Å². The number of ether oxygens (including phenoxy) is 1. The van der Waals surface area contributed by atoms with E-state index < -0.39 is 0 Å². The van der Waals surface area contributed by atoms with Crippen molar-refractivity contribution in [3.05, 3.63) is 11.9 Å². The van der Waals surface area contributed by atoms with Crippen LogP contribution in [0.1, 0.15) is 26.1 Å². The van der Waals surface area contributed by atoms with Gasteiger partial charge in [-0.05, 0) is 20.3 Å². The Morgan fingerprint density at radius 3 is 2.71 bits per heavy atom. The van der Waals surface area contributed by atoms with Gasteiger partial charge in [0.05, 0.1) is 6.61 Å². The summed E-state index contributed by atoms with van der Waals surface area (Å²) in [4.78, 5) is 20.5. The fourth-order valence-corrected chi connectivity index (χ4v) is 1.70. The summed E-state index contributed by atoms with van der Waals surface area (Å²) in [6.07, 6.45) is 1.02. The van der Waals surface area contributed by atoms with Gasteiger partial charge in [-0.2, -0.15) is 0 Å².